The van der Waals surface area contributed by atoms with Crippen LogP contribution in [0.25, 0.3) is 98.4 Å². The number of hydrogen-bond donors (Lipinski definition) is 0. The third-order valence-corrected chi connectivity index (χ3v) is 27.3. The van der Waals surface area contributed by atoms with Crippen molar-refractivity contribution < 1.29 is 0 Å². The Morgan fingerprint density at radius 2 is 0.363 bits per heavy atom. The molecule has 0 saturated heterocycles. The summed E-state index contributed by atoms with van der Waals surface area (Å²) in [6, 6.07) is 199. The van der Waals surface area contributed by atoms with Crippen LogP contribution in [0.1, 0.15) is 22.3 Å². The molecule has 0 amide bonds. The van der Waals surface area contributed by atoms with Gasteiger partial charge in [-0.05, 0) is 288 Å². The summed E-state index contributed by atoms with van der Waals surface area (Å²) in [6.45, 7) is 0. The maximum absolute atomic E-state index is 4.28. The van der Waals surface area contributed by atoms with Crippen molar-refractivity contribution >= 4 is 204 Å². The van der Waals surface area contributed by atoms with Crippen LogP contribution in [0.3, 0.4) is 0 Å². The number of anilines is 18. The molecule has 7 nitrogen and oxygen atoms in total. The molecule has 0 aliphatic heterocycles. The third-order valence-electron chi connectivity index (χ3n) is 25.9. The minimum atomic E-state index is 0. The third kappa shape index (κ3) is 21.3. The van der Waals surface area contributed by atoms with E-state index in [0.717, 1.165) is 149 Å². The Kier molecular flexibility index (Phi) is 30.3. The van der Waals surface area contributed by atoms with Gasteiger partial charge in [-0.15, -0.1) is 0 Å². The second-order valence-electron chi connectivity index (χ2n) is 35.1. The molecular formula is C136H106Br3N7. The van der Waals surface area contributed by atoms with Gasteiger partial charge in [0, 0.05) is 133 Å². The Balaban J connectivity index is 0.000000140. The lowest BCUT2D eigenvalue weighted by Crippen LogP contribution is -2.14. The number of pyridine rings is 1. The fourth-order valence-electron chi connectivity index (χ4n) is 19.5. The Morgan fingerprint density at radius 3 is 0.658 bits per heavy atom. The molecule has 10 heteroatoms. The average Bonchev–Trinajstić information content (AvgIpc) is 0.741. The van der Waals surface area contributed by atoms with Gasteiger partial charge in [-0.3, -0.25) is 4.98 Å². The minimum Gasteiger partial charge on any atom is -0.310 e. The molecule has 0 unspecified atom stereocenters. The van der Waals surface area contributed by atoms with Crippen LogP contribution in [0.5, 0.6) is 0 Å². The van der Waals surface area contributed by atoms with Crippen molar-refractivity contribution in [3.8, 4) is 44.5 Å². The predicted molar refractivity (Wildman–Crippen MR) is 638 cm³/mol. The molecule has 1 heterocycles. The number of hydrogen-bond acceptors (Lipinski definition) is 7. The molecule has 0 atom stereocenters. The van der Waals surface area contributed by atoms with Crippen LogP contribution in [-0.2, 0) is 0 Å². The van der Waals surface area contributed by atoms with Gasteiger partial charge in [-0.2, -0.15) is 0 Å². The number of para-hydroxylation sites is 7. The van der Waals surface area contributed by atoms with E-state index < -0.39 is 0 Å². The zero-order chi connectivity index (χ0) is 96.2. The van der Waals surface area contributed by atoms with Crippen LogP contribution in [0, 0.1) is 0 Å². The zero-order valence-corrected chi connectivity index (χ0v) is 82.8. The Bertz CT molecular complexity index is 8040. The molecule has 0 aliphatic carbocycles. The maximum Gasteiger partial charge on any atom is 0.0546 e. The van der Waals surface area contributed by atoms with Gasteiger partial charge in [0.15, 0.2) is 0 Å². The van der Waals surface area contributed by atoms with Gasteiger partial charge in [0.25, 0.3) is 0 Å². The smallest absolute Gasteiger partial charge is 0.0546 e. The average molecular weight is 2080 g/mol. The van der Waals surface area contributed by atoms with E-state index in [9.17, 15) is 0 Å². The highest BCUT2D eigenvalue weighted by Crippen LogP contribution is 2.52. The van der Waals surface area contributed by atoms with Crippen LogP contribution in [-0.4, -0.2) is 4.98 Å². The molecule has 1 aromatic heterocycles. The number of nitrogens with zero attached hydrogens (tertiary/aromatic N) is 7. The lowest BCUT2D eigenvalue weighted by molar-refractivity contribution is 1.24. The number of fused-ring (bicyclic) bond motifs is 7. The molecule has 0 N–H and O–H groups in total. The highest BCUT2D eigenvalue weighted by atomic mass is 79.9. The zero-order valence-electron chi connectivity index (χ0n) is 78.0. The fraction of sp³-hybridized carbons (Fsp3) is 0.0221. The van der Waals surface area contributed by atoms with Crippen LogP contribution in [0.15, 0.2) is 584 Å². The second kappa shape index (κ2) is 45.3. The monoisotopic (exact) mass is 2070 g/mol. The number of rotatable bonds is 22. The molecule has 0 fully saturated rings. The Labute approximate surface area is 881 Å². The largest absolute Gasteiger partial charge is 0.310 e. The van der Waals surface area contributed by atoms with E-state index in [1.165, 1.54) is 65.3 Å². The Morgan fingerprint density at radius 1 is 0.137 bits per heavy atom. The van der Waals surface area contributed by atoms with Gasteiger partial charge in [0.05, 0.1) is 11.4 Å². The second-order valence-corrected chi connectivity index (χ2v) is 37.8. The van der Waals surface area contributed by atoms with E-state index >= 15 is 0 Å². The number of aromatic nitrogens is 1. The van der Waals surface area contributed by atoms with Crippen molar-refractivity contribution in [3.05, 3.63) is 584 Å². The lowest BCUT2D eigenvalue weighted by Gasteiger charge is -2.31. The quantitative estimate of drug-likeness (QED) is 0.0625. The summed E-state index contributed by atoms with van der Waals surface area (Å²) in [6.07, 6.45) is 3.74. The molecule has 146 heavy (non-hydrogen) atoms. The highest BCUT2D eigenvalue weighted by Gasteiger charge is 2.27. The van der Waals surface area contributed by atoms with Gasteiger partial charge >= 0.3 is 0 Å². The Hall–Kier alpha value is -17.3. The summed E-state index contributed by atoms with van der Waals surface area (Å²) in [5.74, 6) is 0. The molecule has 0 bridgehead atoms. The lowest BCUT2D eigenvalue weighted by atomic mass is 9.97. The summed E-state index contributed by atoms with van der Waals surface area (Å²) in [5.41, 5.74) is 28.6. The number of halogens is 3. The maximum atomic E-state index is 4.28. The highest BCUT2D eigenvalue weighted by molar-refractivity contribution is 9.11. The topological polar surface area (TPSA) is 32.3 Å². The first-order valence-electron chi connectivity index (χ1n) is 47.9. The summed E-state index contributed by atoms with van der Waals surface area (Å²) >= 11 is 11.8. The standard InChI is InChI=1S/C54H39BrN2.C46H31BrN2.C33H24BrN3.3CH4/c55-48-37-53(56(49-27-15-5-16-28-49)51-33-44(40-19-7-1-8-20-40)31-45(34-51)41-21-9-2-10-22-41)39-54(38-48)57(50-29-17-6-18-30-50)52-35-46(42-23-11-3-12-24-42)32-47(36-52)43-25-13-4-14-26-43;47-34-29-37(48(35-17-3-1-4-18-35)45-27-32-15-7-9-21-39(32)41-23-11-13-25-43(41)45)31-38(30-34)49(36-19-5-2-6-20-36)46-28-33-16-8-10-22-40(33)42-24-12-14-26-44(42)46;34-27-21-32(36(28-10-4-1-5-11-28)29-12-6-2-7-13-29)23-33(22-27)37(30-14-8-3-9-15-30)31-17-16-26-24-35-19-18-25(26)20-31;;;/h1-39H;1-31H;1-24H;3*1H4. The van der Waals surface area contributed by atoms with Crippen LogP contribution < -0.4 is 29.4 Å². The summed E-state index contributed by atoms with van der Waals surface area (Å²) in [7, 11) is 0. The first-order chi connectivity index (χ1) is 70.6. The van der Waals surface area contributed by atoms with E-state index in [-0.39, 0.29) is 22.3 Å². The first kappa shape index (κ1) is 97.6. The van der Waals surface area contributed by atoms with Crippen molar-refractivity contribution in [2.45, 2.75) is 22.3 Å². The predicted octanol–water partition coefficient (Wildman–Crippen LogP) is 41.9. The van der Waals surface area contributed by atoms with Gasteiger partial charge in [0.1, 0.15) is 0 Å². The fourth-order valence-corrected chi connectivity index (χ4v) is 20.9. The van der Waals surface area contributed by atoms with Gasteiger partial charge < -0.3 is 29.4 Å². The van der Waals surface area contributed by atoms with Crippen LogP contribution in [0.2, 0.25) is 0 Å². The van der Waals surface area contributed by atoms with Crippen molar-refractivity contribution in [1.82, 2.24) is 4.98 Å². The van der Waals surface area contributed by atoms with E-state index in [1.807, 2.05) is 30.6 Å². The first-order valence-corrected chi connectivity index (χ1v) is 50.3. The van der Waals surface area contributed by atoms with Crippen molar-refractivity contribution in [1.29, 1.82) is 0 Å². The molecular weight excluding hydrogens is 1970 g/mol. The van der Waals surface area contributed by atoms with E-state index in [0.29, 0.717) is 0 Å². The molecule has 24 rings (SSSR count). The normalized spacial score (nSPS) is 10.8. The van der Waals surface area contributed by atoms with Crippen molar-refractivity contribution in [2.75, 3.05) is 29.4 Å². The minimum absolute atomic E-state index is 0. The van der Waals surface area contributed by atoms with Gasteiger partial charge in [0.2, 0.25) is 0 Å². The van der Waals surface area contributed by atoms with E-state index in [1.54, 1.807) is 0 Å². The number of benzene rings is 23. The summed E-state index contributed by atoms with van der Waals surface area (Å²) in [4.78, 5) is 18.4. The molecule has 0 aliphatic rings. The SMILES string of the molecule is Brc1cc(N(c2ccccc2)c2cc(-c3ccccc3)cc(-c3ccccc3)c2)cc(N(c2ccccc2)c2cc(-c3ccccc3)cc(-c3ccccc3)c2)c1.Brc1cc(N(c2ccccc2)c2cc3ccccc3c3ccccc23)cc(N(c2ccccc2)c2cc3ccccc3c3ccccc23)c1.Brc1cc(N(c2ccccc2)c2ccccc2)cc(N(c2ccccc2)c2ccc3cnccc3c2)c1.C.C.C. The van der Waals surface area contributed by atoms with Gasteiger partial charge in [-0.1, -0.05) is 422 Å². The molecule has 23 aromatic carbocycles. The van der Waals surface area contributed by atoms with Gasteiger partial charge in [-0.25, -0.2) is 0 Å². The summed E-state index contributed by atoms with van der Waals surface area (Å²) < 4.78 is 2.97. The van der Waals surface area contributed by atoms with Crippen molar-refractivity contribution in [3.63, 3.8) is 0 Å². The van der Waals surface area contributed by atoms with E-state index in [2.05, 4.69) is 622 Å². The van der Waals surface area contributed by atoms with E-state index in [4.69, 9.17) is 0 Å². The molecule has 0 saturated carbocycles. The van der Waals surface area contributed by atoms with Crippen LogP contribution in [0.4, 0.5) is 102 Å². The van der Waals surface area contributed by atoms with Crippen LogP contribution >= 0.6 is 47.8 Å². The molecule has 0 spiro atoms. The molecule has 24 aromatic rings. The molecule has 0 radical (unpaired) electrons. The van der Waals surface area contributed by atoms with Crippen molar-refractivity contribution in [2.24, 2.45) is 0 Å². The summed E-state index contributed by atoms with van der Waals surface area (Å²) in [5, 5.41) is 12.1. The molecule has 706 valence electrons.